The van der Waals surface area contributed by atoms with E-state index < -0.39 is 12.1 Å². The zero-order valence-electron chi connectivity index (χ0n) is 17.1. The first-order valence-electron chi connectivity index (χ1n) is 9.75. The van der Waals surface area contributed by atoms with Gasteiger partial charge in [-0.15, -0.1) is 0 Å². The van der Waals surface area contributed by atoms with Crippen LogP contribution in [-0.2, 0) is 9.53 Å². The number of carbonyl (C=O) groups excluding carboxylic acids is 1. The highest BCUT2D eigenvalue weighted by Crippen LogP contribution is 2.36. The number of hydrogen-bond donors (Lipinski definition) is 2. The van der Waals surface area contributed by atoms with Gasteiger partial charge in [0.2, 0.25) is 11.7 Å². The fourth-order valence-electron chi connectivity index (χ4n) is 3.37. The SMILES string of the molecule is Cc1cc(C(=O)N2CC3(CCC(CNc4ncccn4)CO3)C2)on1.O=C(O)C(F)(F)F. The lowest BCUT2D eigenvalue weighted by Crippen LogP contribution is -2.66. The maximum atomic E-state index is 12.3. The number of nitrogens with one attached hydrogen (secondary N) is 1. The van der Waals surface area contributed by atoms with E-state index in [0.717, 1.165) is 19.4 Å². The molecule has 0 aliphatic carbocycles. The number of carbonyl (C=O) groups is 2. The second-order valence-electron chi connectivity index (χ2n) is 7.65. The first-order chi connectivity index (χ1) is 15.1. The van der Waals surface area contributed by atoms with Gasteiger partial charge in [0.15, 0.2) is 0 Å². The molecule has 2 N–H and O–H groups in total. The lowest BCUT2D eigenvalue weighted by molar-refractivity contribution is -0.192. The van der Waals surface area contributed by atoms with Gasteiger partial charge < -0.3 is 24.6 Å². The predicted molar refractivity (Wildman–Crippen MR) is 103 cm³/mol. The maximum absolute atomic E-state index is 12.3. The minimum atomic E-state index is -5.08. The van der Waals surface area contributed by atoms with E-state index in [1.807, 2.05) is 0 Å². The van der Waals surface area contributed by atoms with Gasteiger partial charge in [0.05, 0.1) is 25.4 Å². The average molecular weight is 457 g/mol. The Kier molecular flexibility index (Phi) is 6.96. The van der Waals surface area contributed by atoms with Crippen molar-refractivity contribution in [1.29, 1.82) is 0 Å². The lowest BCUT2D eigenvalue weighted by Gasteiger charge is -2.52. The number of alkyl halides is 3. The van der Waals surface area contributed by atoms with Gasteiger partial charge in [-0.05, 0) is 31.7 Å². The second kappa shape index (κ2) is 9.51. The van der Waals surface area contributed by atoms with Gasteiger partial charge in [-0.2, -0.15) is 13.2 Å². The van der Waals surface area contributed by atoms with Crippen molar-refractivity contribution in [3.05, 3.63) is 36.0 Å². The molecule has 1 atom stereocenters. The maximum Gasteiger partial charge on any atom is 0.490 e. The van der Waals surface area contributed by atoms with E-state index in [4.69, 9.17) is 19.2 Å². The zero-order valence-corrected chi connectivity index (χ0v) is 17.1. The van der Waals surface area contributed by atoms with Crippen molar-refractivity contribution in [3.8, 4) is 0 Å². The van der Waals surface area contributed by atoms with Crippen molar-refractivity contribution in [1.82, 2.24) is 20.0 Å². The highest BCUT2D eigenvalue weighted by Gasteiger charge is 2.49. The van der Waals surface area contributed by atoms with Crippen molar-refractivity contribution in [2.45, 2.75) is 31.5 Å². The molecule has 13 heteroatoms. The van der Waals surface area contributed by atoms with Crippen LogP contribution in [0, 0.1) is 12.8 Å². The molecule has 0 radical (unpaired) electrons. The number of ether oxygens (including phenoxy) is 1. The molecule has 2 aromatic heterocycles. The van der Waals surface area contributed by atoms with Crippen molar-refractivity contribution in [2.24, 2.45) is 5.92 Å². The number of aliphatic carboxylic acids is 1. The molecule has 1 spiro atoms. The summed E-state index contributed by atoms with van der Waals surface area (Å²) in [6, 6.07) is 3.46. The van der Waals surface area contributed by atoms with Gasteiger partial charge in [0.1, 0.15) is 5.60 Å². The quantitative estimate of drug-likeness (QED) is 0.709. The van der Waals surface area contributed by atoms with Gasteiger partial charge in [-0.1, -0.05) is 5.16 Å². The molecule has 174 valence electrons. The first-order valence-corrected chi connectivity index (χ1v) is 9.75. The Morgan fingerprint density at radius 2 is 1.97 bits per heavy atom. The van der Waals surface area contributed by atoms with Gasteiger partial charge in [0, 0.05) is 25.0 Å². The Morgan fingerprint density at radius 3 is 2.47 bits per heavy atom. The summed E-state index contributed by atoms with van der Waals surface area (Å²) in [5.41, 5.74) is 0.523. The molecule has 2 aliphatic heterocycles. The van der Waals surface area contributed by atoms with Crippen molar-refractivity contribution in [2.75, 3.05) is 31.6 Å². The molecule has 2 aliphatic rings. The van der Waals surface area contributed by atoms with E-state index in [2.05, 4.69) is 20.4 Å². The van der Waals surface area contributed by atoms with Gasteiger partial charge in [-0.3, -0.25) is 4.79 Å². The normalized spacial score (nSPS) is 19.5. The van der Waals surface area contributed by atoms with E-state index in [1.54, 1.807) is 36.4 Å². The lowest BCUT2D eigenvalue weighted by atomic mass is 9.83. The van der Waals surface area contributed by atoms with Crippen LogP contribution >= 0.6 is 0 Å². The standard InChI is InChI=1S/C17H21N5O3.C2HF3O2/c1-12-7-14(25-21-12)15(23)22-10-17(11-22)4-3-13(9-24-17)8-20-16-18-5-2-6-19-16;3-2(4,5)1(6)7/h2,5-7,13H,3-4,8-11H2,1H3,(H,18,19,20);(H,6,7). The number of amides is 1. The fraction of sp³-hybridized carbons (Fsp3) is 0.526. The zero-order chi connectivity index (χ0) is 23.4. The Balaban J connectivity index is 0.000000360. The molecular formula is C19H22F3N5O5. The van der Waals surface area contributed by atoms with Crippen LogP contribution in [0.25, 0.3) is 0 Å². The van der Waals surface area contributed by atoms with Crippen molar-refractivity contribution in [3.63, 3.8) is 0 Å². The van der Waals surface area contributed by atoms with Crippen LogP contribution in [0.15, 0.2) is 29.0 Å². The highest BCUT2D eigenvalue weighted by atomic mass is 19.4. The summed E-state index contributed by atoms with van der Waals surface area (Å²) >= 11 is 0. The molecule has 1 amide bonds. The summed E-state index contributed by atoms with van der Waals surface area (Å²) in [5.74, 6) is -1.50. The number of hydrogen-bond acceptors (Lipinski definition) is 8. The Morgan fingerprint density at radius 1 is 1.31 bits per heavy atom. The smallest absolute Gasteiger partial charge is 0.475 e. The van der Waals surface area contributed by atoms with Crippen LogP contribution in [0.1, 0.15) is 29.1 Å². The molecule has 1 unspecified atom stereocenters. The van der Waals surface area contributed by atoms with E-state index in [-0.39, 0.29) is 11.5 Å². The summed E-state index contributed by atoms with van der Waals surface area (Å²) in [7, 11) is 0. The number of nitrogens with zero attached hydrogens (tertiary/aromatic N) is 4. The van der Waals surface area contributed by atoms with Crippen LogP contribution in [0.5, 0.6) is 0 Å². The minimum Gasteiger partial charge on any atom is -0.475 e. The van der Waals surface area contributed by atoms with E-state index in [0.29, 0.717) is 43.0 Å². The van der Waals surface area contributed by atoms with E-state index in [1.165, 1.54) is 0 Å². The summed E-state index contributed by atoms with van der Waals surface area (Å²) < 4.78 is 42.9. The Hall–Kier alpha value is -3.22. The summed E-state index contributed by atoms with van der Waals surface area (Å²) in [4.78, 5) is 31.3. The molecule has 2 fully saturated rings. The number of rotatable bonds is 4. The third-order valence-electron chi connectivity index (χ3n) is 5.07. The van der Waals surface area contributed by atoms with Gasteiger partial charge in [-0.25, -0.2) is 14.8 Å². The molecular weight excluding hydrogens is 435 g/mol. The molecule has 4 heterocycles. The van der Waals surface area contributed by atoms with Crippen molar-refractivity contribution < 1.29 is 37.1 Å². The fourth-order valence-corrected chi connectivity index (χ4v) is 3.37. The minimum absolute atomic E-state index is 0.111. The highest BCUT2D eigenvalue weighted by molar-refractivity contribution is 5.92. The average Bonchev–Trinajstić information content (AvgIpc) is 3.17. The first kappa shape index (κ1) is 23.4. The number of carboxylic acid groups (broad SMARTS) is 1. The molecule has 0 saturated carbocycles. The number of aromatic nitrogens is 3. The van der Waals surface area contributed by atoms with Gasteiger partial charge >= 0.3 is 12.1 Å². The van der Waals surface area contributed by atoms with E-state index in [9.17, 15) is 18.0 Å². The molecule has 2 saturated heterocycles. The van der Waals surface area contributed by atoms with Crippen LogP contribution in [0.3, 0.4) is 0 Å². The van der Waals surface area contributed by atoms with Gasteiger partial charge in [0.25, 0.3) is 5.91 Å². The Labute approximate surface area is 180 Å². The molecule has 10 nitrogen and oxygen atoms in total. The van der Waals surface area contributed by atoms with Crippen LogP contribution in [0.2, 0.25) is 0 Å². The molecule has 2 aromatic rings. The molecule has 0 aromatic carbocycles. The van der Waals surface area contributed by atoms with Crippen LogP contribution < -0.4 is 5.32 Å². The summed E-state index contributed by atoms with van der Waals surface area (Å²) in [6.45, 7) is 4.52. The number of likely N-dealkylation sites (tertiary alicyclic amines) is 1. The number of aryl methyl sites for hydroxylation is 1. The van der Waals surface area contributed by atoms with Crippen LogP contribution in [-0.4, -0.2) is 75.0 Å². The molecule has 0 bridgehead atoms. The topological polar surface area (TPSA) is 131 Å². The summed E-state index contributed by atoms with van der Waals surface area (Å²) in [5, 5.41) is 14.1. The summed E-state index contributed by atoms with van der Waals surface area (Å²) in [6.07, 6.45) is 0.368. The number of carboxylic acids is 1. The predicted octanol–water partition coefficient (Wildman–Crippen LogP) is 2.14. The second-order valence-corrected chi connectivity index (χ2v) is 7.65. The van der Waals surface area contributed by atoms with Crippen molar-refractivity contribution >= 4 is 17.8 Å². The largest absolute Gasteiger partial charge is 0.490 e. The Bertz CT molecular complexity index is 921. The van der Waals surface area contributed by atoms with Crippen LogP contribution in [0.4, 0.5) is 19.1 Å². The molecule has 4 rings (SSSR count). The monoisotopic (exact) mass is 457 g/mol. The third kappa shape index (κ3) is 5.93. The number of halogens is 3. The van der Waals surface area contributed by atoms with E-state index >= 15 is 0 Å². The molecule has 32 heavy (non-hydrogen) atoms. The third-order valence-corrected chi connectivity index (χ3v) is 5.07. The number of anilines is 1.